The molecule has 0 aliphatic heterocycles. The van der Waals surface area contributed by atoms with Gasteiger partial charge in [0.2, 0.25) is 5.91 Å². The van der Waals surface area contributed by atoms with Gasteiger partial charge in [0.15, 0.2) is 0 Å². The van der Waals surface area contributed by atoms with Gasteiger partial charge in [-0.15, -0.1) is 0 Å². The summed E-state index contributed by atoms with van der Waals surface area (Å²) in [6, 6.07) is 4.48. The summed E-state index contributed by atoms with van der Waals surface area (Å²) in [6.07, 6.45) is 0. The SMILES string of the molecule is Cc1c(NC(=O)COCC(=O)O)cccc1C(=O)O. The molecule has 0 bridgehead atoms. The Hall–Kier alpha value is -2.41. The highest BCUT2D eigenvalue weighted by Crippen LogP contribution is 2.18. The number of aromatic carboxylic acids is 1. The van der Waals surface area contributed by atoms with E-state index in [1.807, 2.05) is 0 Å². The molecule has 0 saturated carbocycles. The molecule has 0 aliphatic rings. The van der Waals surface area contributed by atoms with Crippen LogP contribution in [-0.2, 0) is 14.3 Å². The Morgan fingerprint density at radius 1 is 1.21 bits per heavy atom. The molecule has 0 spiro atoms. The van der Waals surface area contributed by atoms with Crippen LogP contribution < -0.4 is 5.32 Å². The fourth-order valence-corrected chi connectivity index (χ4v) is 1.42. The fourth-order valence-electron chi connectivity index (χ4n) is 1.42. The first kappa shape index (κ1) is 14.7. The molecular formula is C12H13NO6. The van der Waals surface area contributed by atoms with Crippen molar-refractivity contribution >= 4 is 23.5 Å². The van der Waals surface area contributed by atoms with E-state index in [9.17, 15) is 14.4 Å². The first-order valence-electron chi connectivity index (χ1n) is 5.34. The Kier molecular flexibility index (Phi) is 5.01. The Labute approximate surface area is 108 Å². The number of hydrogen-bond donors (Lipinski definition) is 3. The number of nitrogens with one attached hydrogen (secondary N) is 1. The summed E-state index contributed by atoms with van der Waals surface area (Å²) in [7, 11) is 0. The van der Waals surface area contributed by atoms with Crippen molar-refractivity contribution in [2.75, 3.05) is 18.5 Å². The van der Waals surface area contributed by atoms with Gasteiger partial charge in [0.05, 0.1) is 5.56 Å². The number of rotatable bonds is 6. The lowest BCUT2D eigenvalue weighted by atomic mass is 10.1. The first-order valence-corrected chi connectivity index (χ1v) is 5.34. The van der Waals surface area contributed by atoms with Crippen LogP contribution in [0.4, 0.5) is 5.69 Å². The van der Waals surface area contributed by atoms with Gasteiger partial charge < -0.3 is 20.3 Å². The second-order valence-corrected chi connectivity index (χ2v) is 3.72. The third-order valence-electron chi connectivity index (χ3n) is 2.30. The highest BCUT2D eigenvalue weighted by Gasteiger charge is 2.12. The van der Waals surface area contributed by atoms with Crippen molar-refractivity contribution in [3.8, 4) is 0 Å². The summed E-state index contributed by atoms with van der Waals surface area (Å²) in [6.45, 7) is 0.585. The predicted molar refractivity (Wildman–Crippen MR) is 65.2 cm³/mol. The van der Waals surface area contributed by atoms with Crippen LogP contribution in [0.25, 0.3) is 0 Å². The van der Waals surface area contributed by atoms with Crippen molar-refractivity contribution in [2.24, 2.45) is 0 Å². The fraction of sp³-hybridized carbons (Fsp3) is 0.250. The normalized spacial score (nSPS) is 9.95. The van der Waals surface area contributed by atoms with E-state index in [-0.39, 0.29) is 5.56 Å². The molecule has 0 aliphatic carbocycles. The summed E-state index contributed by atoms with van der Waals surface area (Å²) in [4.78, 5) is 32.5. The van der Waals surface area contributed by atoms with Gasteiger partial charge in [-0.3, -0.25) is 4.79 Å². The van der Waals surface area contributed by atoms with E-state index < -0.39 is 31.1 Å². The van der Waals surface area contributed by atoms with Gasteiger partial charge >= 0.3 is 11.9 Å². The molecule has 7 heteroatoms. The van der Waals surface area contributed by atoms with Crippen molar-refractivity contribution in [3.05, 3.63) is 29.3 Å². The van der Waals surface area contributed by atoms with Gasteiger partial charge in [0, 0.05) is 5.69 Å². The minimum absolute atomic E-state index is 0.0873. The molecule has 19 heavy (non-hydrogen) atoms. The zero-order valence-corrected chi connectivity index (χ0v) is 10.2. The largest absolute Gasteiger partial charge is 0.480 e. The molecule has 0 atom stereocenters. The number of ether oxygens (including phenoxy) is 1. The second kappa shape index (κ2) is 6.50. The van der Waals surface area contributed by atoms with Crippen LogP contribution in [0.3, 0.4) is 0 Å². The van der Waals surface area contributed by atoms with Crippen LogP contribution in [0.5, 0.6) is 0 Å². The van der Waals surface area contributed by atoms with Gasteiger partial charge in [-0.1, -0.05) is 6.07 Å². The molecule has 1 aromatic carbocycles. The van der Waals surface area contributed by atoms with E-state index in [1.54, 1.807) is 13.0 Å². The molecule has 0 radical (unpaired) electrons. The van der Waals surface area contributed by atoms with Crippen molar-refractivity contribution in [1.29, 1.82) is 0 Å². The average Bonchev–Trinajstić information content (AvgIpc) is 2.31. The van der Waals surface area contributed by atoms with Crippen LogP contribution >= 0.6 is 0 Å². The van der Waals surface area contributed by atoms with Gasteiger partial charge in [-0.25, -0.2) is 9.59 Å². The molecule has 1 rings (SSSR count). The molecule has 0 unspecified atom stereocenters. The van der Waals surface area contributed by atoms with Crippen molar-refractivity contribution < 1.29 is 29.3 Å². The Morgan fingerprint density at radius 2 is 1.89 bits per heavy atom. The molecule has 0 aromatic heterocycles. The molecule has 0 heterocycles. The Morgan fingerprint density at radius 3 is 2.47 bits per heavy atom. The van der Waals surface area contributed by atoms with Crippen molar-refractivity contribution in [1.82, 2.24) is 0 Å². The van der Waals surface area contributed by atoms with Crippen LogP contribution in [-0.4, -0.2) is 41.3 Å². The lowest BCUT2D eigenvalue weighted by Crippen LogP contribution is -2.21. The lowest BCUT2D eigenvalue weighted by Gasteiger charge is -2.10. The molecule has 7 nitrogen and oxygen atoms in total. The maximum Gasteiger partial charge on any atom is 0.336 e. The Balaban J connectivity index is 2.67. The van der Waals surface area contributed by atoms with E-state index in [2.05, 4.69) is 10.1 Å². The quantitative estimate of drug-likeness (QED) is 0.700. The number of carboxylic acids is 2. The van der Waals surface area contributed by atoms with Crippen molar-refractivity contribution in [2.45, 2.75) is 6.92 Å². The number of carbonyl (C=O) groups excluding carboxylic acids is 1. The monoisotopic (exact) mass is 267 g/mol. The molecular weight excluding hydrogens is 254 g/mol. The highest BCUT2D eigenvalue weighted by atomic mass is 16.5. The standard InChI is InChI=1S/C12H13NO6/c1-7-8(12(17)18)3-2-4-9(7)13-10(14)5-19-6-11(15)16/h2-4H,5-6H2,1H3,(H,13,14)(H,15,16)(H,17,18). The zero-order chi connectivity index (χ0) is 14.4. The Bertz CT molecular complexity index is 511. The second-order valence-electron chi connectivity index (χ2n) is 3.72. The molecule has 1 amide bonds. The highest BCUT2D eigenvalue weighted by molar-refractivity contribution is 5.96. The maximum atomic E-state index is 11.5. The summed E-state index contributed by atoms with van der Waals surface area (Å²) in [5.41, 5.74) is 0.856. The van der Waals surface area contributed by atoms with E-state index >= 15 is 0 Å². The van der Waals surface area contributed by atoms with E-state index in [4.69, 9.17) is 10.2 Å². The number of hydrogen-bond acceptors (Lipinski definition) is 4. The topological polar surface area (TPSA) is 113 Å². The molecule has 0 saturated heterocycles. The minimum atomic E-state index is -1.17. The smallest absolute Gasteiger partial charge is 0.336 e. The third-order valence-corrected chi connectivity index (χ3v) is 2.30. The average molecular weight is 267 g/mol. The number of amides is 1. The number of carbonyl (C=O) groups is 3. The van der Waals surface area contributed by atoms with Gasteiger partial charge in [0.25, 0.3) is 0 Å². The maximum absolute atomic E-state index is 11.5. The van der Waals surface area contributed by atoms with Crippen LogP contribution in [0, 0.1) is 6.92 Å². The summed E-state index contributed by atoms with van der Waals surface area (Å²) < 4.78 is 4.62. The van der Waals surface area contributed by atoms with E-state index in [1.165, 1.54) is 12.1 Å². The molecule has 3 N–H and O–H groups in total. The van der Waals surface area contributed by atoms with E-state index in [0.717, 1.165) is 0 Å². The first-order chi connectivity index (χ1) is 8.91. The summed E-state index contributed by atoms with van der Waals surface area (Å²) in [5.74, 6) is -2.81. The molecule has 0 fully saturated rings. The number of carboxylic acid groups (broad SMARTS) is 2. The van der Waals surface area contributed by atoms with E-state index in [0.29, 0.717) is 11.3 Å². The zero-order valence-electron chi connectivity index (χ0n) is 10.2. The van der Waals surface area contributed by atoms with Gasteiger partial charge in [-0.2, -0.15) is 0 Å². The lowest BCUT2D eigenvalue weighted by molar-refractivity contribution is -0.143. The predicted octanol–water partition coefficient (Wildman–Crippen LogP) is 0.733. The number of benzene rings is 1. The number of anilines is 1. The van der Waals surface area contributed by atoms with Gasteiger partial charge in [-0.05, 0) is 24.6 Å². The molecule has 102 valence electrons. The van der Waals surface area contributed by atoms with Crippen LogP contribution in [0.1, 0.15) is 15.9 Å². The summed E-state index contributed by atoms with van der Waals surface area (Å²) in [5, 5.41) is 19.7. The van der Waals surface area contributed by atoms with Crippen molar-refractivity contribution in [3.63, 3.8) is 0 Å². The van der Waals surface area contributed by atoms with Crippen LogP contribution in [0.15, 0.2) is 18.2 Å². The van der Waals surface area contributed by atoms with Crippen LogP contribution in [0.2, 0.25) is 0 Å². The number of aliphatic carboxylic acids is 1. The minimum Gasteiger partial charge on any atom is -0.480 e. The molecule has 1 aromatic rings. The van der Waals surface area contributed by atoms with Gasteiger partial charge in [0.1, 0.15) is 13.2 Å². The third kappa shape index (κ3) is 4.40. The summed E-state index contributed by atoms with van der Waals surface area (Å²) >= 11 is 0.